The van der Waals surface area contributed by atoms with Crippen LogP contribution in [-0.4, -0.2) is 50.1 Å². The van der Waals surface area contributed by atoms with Crippen molar-refractivity contribution in [1.82, 2.24) is 4.90 Å². The molecule has 0 spiro atoms. The van der Waals surface area contributed by atoms with Gasteiger partial charge in [-0.15, -0.1) is 0 Å². The van der Waals surface area contributed by atoms with Crippen LogP contribution in [0, 0.1) is 0 Å². The second-order valence-corrected chi connectivity index (χ2v) is 14.0. The van der Waals surface area contributed by atoms with E-state index in [-0.39, 0.29) is 6.61 Å². The van der Waals surface area contributed by atoms with E-state index >= 15 is 0 Å². The molecule has 0 aromatic heterocycles. The Morgan fingerprint density at radius 1 is 0.867 bits per heavy atom. The van der Waals surface area contributed by atoms with Crippen molar-refractivity contribution >= 4 is 47.8 Å². The lowest BCUT2D eigenvalue weighted by molar-refractivity contribution is 0.0764. The van der Waals surface area contributed by atoms with E-state index in [1.165, 1.54) is 0 Å². The maximum Gasteiger partial charge on any atom is 0.157 e. The quantitative estimate of drug-likeness (QED) is 0.349. The predicted octanol–water partition coefficient (Wildman–Crippen LogP) is 5.87. The maximum atomic E-state index is 11.1. The monoisotopic (exact) mass is 607 g/mol. The molecule has 0 aliphatic heterocycles. The van der Waals surface area contributed by atoms with E-state index in [1.807, 2.05) is 61.5 Å². The Bertz CT molecular complexity index is 704. The van der Waals surface area contributed by atoms with Gasteiger partial charge in [-0.2, -0.15) is 0 Å². The molecule has 0 saturated heterocycles. The number of benzene rings is 2. The zero-order valence-corrected chi connectivity index (χ0v) is 22.6. The molecule has 0 saturated carbocycles. The first-order chi connectivity index (χ1) is 14.2. The molecule has 4 nitrogen and oxygen atoms in total. The summed E-state index contributed by atoms with van der Waals surface area (Å²) in [7, 11) is 0. The number of aliphatic hydroxyl groups is 2. The Morgan fingerprint density at radius 2 is 1.37 bits per heavy atom. The number of halogens is 3. The first-order valence-corrected chi connectivity index (χ1v) is 12.5. The second kappa shape index (κ2) is 13.9. The molecule has 30 heavy (non-hydrogen) atoms. The van der Waals surface area contributed by atoms with Crippen LogP contribution in [0.5, 0.6) is 5.75 Å². The van der Waals surface area contributed by atoms with Crippen molar-refractivity contribution in [3.05, 3.63) is 65.7 Å². The van der Waals surface area contributed by atoms with E-state index in [4.69, 9.17) is 9.84 Å². The Hall–Kier alpha value is -0.440. The number of likely N-dealkylation sites (N-methyl/N-ethyl adjacent to an activating group) is 1. The minimum Gasteiger partial charge on any atom is -0.492 e. The molecule has 0 radical (unpaired) electrons. The van der Waals surface area contributed by atoms with Gasteiger partial charge in [0.1, 0.15) is 18.0 Å². The Balaban J connectivity index is 0.000000656. The molecule has 2 aromatic rings. The van der Waals surface area contributed by atoms with Gasteiger partial charge in [-0.3, -0.25) is 0 Å². The van der Waals surface area contributed by atoms with Crippen LogP contribution in [-0.2, 0) is 5.60 Å². The van der Waals surface area contributed by atoms with Crippen molar-refractivity contribution < 1.29 is 14.9 Å². The minimum atomic E-state index is -0.957. The number of aliphatic hydroxyl groups excluding tert-OH is 1. The summed E-state index contributed by atoms with van der Waals surface area (Å²) in [5, 5.41) is 19.4. The van der Waals surface area contributed by atoms with E-state index < -0.39 is 7.74 Å². The van der Waals surface area contributed by atoms with Gasteiger partial charge >= 0.3 is 0 Å². The van der Waals surface area contributed by atoms with Gasteiger partial charge in [-0.1, -0.05) is 111 Å². The van der Waals surface area contributed by atoms with Gasteiger partial charge in [0.05, 0.1) is 6.61 Å². The zero-order chi connectivity index (χ0) is 22.6. The SMILES string of the molecule is CCN(CC)CCOc1ccc(C(O)(CC)c2ccccc2)cc1.OCC(Br)(Br)Br. The van der Waals surface area contributed by atoms with Crippen molar-refractivity contribution in [2.45, 2.75) is 34.9 Å². The lowest BCUT2D eigenvalue weighted by Gasteiger charge is -2.28. The highest BCUT2D eigenvalue weighted by Gasteiger charge is 2.29. The van der Waals surface area contributed by atoms with Gasteiger partial charge in [-0.25, -0.2) is 0 Å². The summed E-state index contributed by atoms with van der Waals surface area (Å²) in [6.45, 7) is 10.0. The van der Waals surface area contributed by atoms with Gasteiger partial charge in [0.25, 0.3) is 0 Å². The van der Waals surface area contributed by atoms with Crippen LogP contribution in [0.3, 0.4) is 0 Å². The summed E-state index contributed by atoms with van der Waals surface area (Å²) < 4.78 is 5.36. The van der Waals surface area contributed by atoms with Crippen LogP contribution in [0.2, 0.25) is 0 Å². The molecular weight excluding hydrogens is 578 g/mol. The van der Waals surface area contributed by atoms with Gasteiger partial charge < -0.3 is 19.8 Å². The van der Waals surface area contributed by atoms with Crippen LogP contribution in [0.25, 0.3) is 0 Å². The summed E-state index contributed by atoms with van der Waals surface area (Å²) in [6.07, 6.45) is 0.624. The molecule has 0 aliphatic carbocycles. The van der Waals surface area contributed by atoms with Gasteiger partial charge in [0.2, 0.25) is 0 Å². The molecule has 7 heteroatoms. The molecule has 0 bridgehead atoms. The zero-order valence-electron chi connectivity index (χ0n) is 17.8. The number of rotatable bonds is 9. The van der Waals surface area contributed by atoms with Crippen LogP contribution < -0.4 is 4.74 Å². The summed E-state index contributed by atoms with van der Waals surface area (Å²) in [5.41, 5.74) is 0.857. The molecule has 2 N–H and O–H groups in total. The molecule has 0 heterocycles. The summed E-state index contributed by atoms with van der Waals surface area (Å²) in [4.78, 5) is 2.33. The first-order valence-electron chi connectivity index (χ1n) is 10.1. The smallest absolute Gasteiger partial charge is 0.157 e. The average molecular weight is 610 g/mol. The highest BCUT2D eigenvalue weighted by atomic mass is 80.0. The Morgan fingerprint density at radius 3 is 1.80 bits per heavy atom. The van der Waals surface area contributed by atoms with Gasteiger partial charge in [0.15, 0.2) is 2.14 Å². The van der Waals surface area contributed by atoms with Crippen molar-refractivity contribution in [2.75, 3.05) is 32.8 Å². The highest BCUT2D eigenvalue weighted by Crippen LogP contribution is 2.33. The maximum absolute atomic E-state index is 11.1. The summed E-state index contributed by atoms with van der Waals surface area (Å²) in [5.74, 6) is 0.845. The third-order valence-electron chi connectivity index (χ3n) is 4.84. The number of hydrogen-bond acceptors (Lipinski definition) is 4. The Kier molecular flexibility index (Phi) is 12.7. The molecule has 0 amide bonds. The van der Waals surface area contributed by atoms with E-state index in [2.05, 4.69) is 66.5 Å². The normalized spacial score (nSPS) is 13.4. The highest BCUT2D eigenvalue weighted by molar-refractivity contribution is 9.39. The number of ether oxygens (including phenoxy) is 1. The third kappa shape index (κ3) is 9.37. The van der Waals surface area contributed by atoms with E-state index in [0.29, 0.717) is 13.0 Å². The van der Waals surface area contributed by atoms with Crippen LogP contribution in [0.4, 0.5) is 0 Å². The molecule has 1 atom stereocenters. The van der Waals surface area contributed by atoms with Crippen LogP contribution >= 0.6 is 47.8 Å². The van der Waals surface area contributed by atoms with Crippen molar-refractivity contribution in [1.29, 1.82) is 0 Å². The fourth-order valence-electron chi connectivity index (χ4n) is 2.95. The topological polar surface area (TPSA) is 52.9 Å². The molecule has 2 rings (SSSR count). The fourth-order valence-corrected chi connectivity index (χ4v) is 2.95. The molecule has 0 aliphatic rings. The van der Waals surface area contributed by atoms with Crippen molar-refractivity contribution in [3.8, 4) is 5.75 Å². The molecular formula is C23H32Br3NO3. The Labute approximate surface area is 206 Å². The third-order valence-corrected chi connectivity index (χ3v) is 5.60. The fraction of sp³-hybridized carbons (Fsp3) is 0.478. The molecule has 1 unspecified atom stereocenters. The molecule has 2 aromatic carbocycles. The lowest BCUT2D eigenvalue weighted by Crippen LogP contribution is -2.28. The number of nitrogens with zero attached hydrogens (tertiary/aromatic N) is 1. The first kappa shape index (κ1) is 27.6. The second-order valence-electron chi connectivity index (χ2n) is 6.75. The average Bonchev–Trinajstić information content (AvgIpc) is 2.77. The largest absolute Gasteiger partial charge is 0.492 e. The molecule has 0 fully saturated rings. The molecule has 168 valence electrons. The minimum absolute atomic E-state index is 0.0208. The predicted molar refractivity (Wildman–Crippen MR) is 136 cm³/mol. The number of hydrogen-bond donors (Lipinski definition) is 2. The standard InChI is InChI=1S/C21H29NO2.C2H3Br3O/c1-4-21(23,18-10-8-7-9-11-18)19-12-14-20(15-13-19)24-17-16-22(5-2)6-3;3-2(4,5)1-6/h7-15,23H,4-6,16-17H2,1-3H3;6H,1H2. The van der Waals surface area contributed by atoms with Gasteiger partial charge in [-0.05, 0) is 42.8 Å². The van der Waals surface area contributed by atoms with Crippen molar-refractivity contribution in [3.63, 3.8) is 0 Å². The number of alkyl halides is 3. The summed E-state index contributed by atoms with van der Waals surface area (Å²) >= 11 is 9.18. The van der Waals surface area contributed by atoms with Crippen LogP contribution in [0.15, 0.2) is 54.6 Å². The van der Waals surface area contributed by atoms with Crippen molar-refractivity contribution in [2.24, 2.45) is 0 Å². The lowest BCUT2D eigenvalue weighted by atomic mass is 9.84. The van der Waals surface area contributed by atoms with E-state index in [1.54, 1.807) is 0 Å². The van der Waals surface area contributed by atoms with Crippen LogP contribution in [0.1, 0.15) is 38.3 Å². The summed E-state index contributed by atoms with van der Waals surface area (Å²) in [6, 6.07) is 17.6. The van der Waals surface area contributed by atoms with E-state index in [0.717, 1.165) is 36.5 Å². The van der Waals surface area contributed by atoms with E-state index in [9.17, 15) is 5.11 Å². The van der Waals surface area contributed by atoms with Gasteiger partial charge in [0, 0.05) is 6.54 Å².